The number of phosphoric acid groups is 1. The molecule has 3 unspecified atom stereocenters. The Morgan fingerprint density at radius 3 is 2.10 bits per heavy atom. The summed E-state index contributed by atoms with van der Waals surface area (Å²) >= 11 is 0. The normalized spacial score (nSPS) is 16.2. The van der Waals surface area contributed by atoms with Gasteiger partial charge < -0.3 is 19.8 Å². The summed E-state index contributed by atoms with van der Waals surface area (Å²) in [6.07, 6.45) is 8.89. The predicted molar refractivity (Wildman–Crippen MR) is 115 cm³/mol. The summed E-state index contributed by atoms with van der Waals surface area (Å²) in [5.41, 5.74) is 0. The Kier molecular flexibility index (Phi) is 15.1. The summed E-state index contributed by atoms with van der Waals surface area (Å²) in [4.78, 5) is 21.2. The monoisotopic (exact) mass is 439 g/mol. The van der Waals surface area contributed by atoms with E-state index in [9.17, 15) is 19.4 Å². The lowest BCUT2D eigenvalue weighted by molar-refractivity contribution is -0.870. The number of hydrogen-bond donors (Lipinski definition) is 3. The third kappa shape index (κ3) is 18.0. The molecule has 0 saturated heterocycles. The van der Waals surface area contributed by atoms with Crippen LogP contribution in [0, 0.1) is 0 Å². The maximum atomic E-state index is 12.0. The minimum atomic E-state index is -4.24. The fourth-order valence-electron chi connectivity index (χ4n) is 2.84. The molecule has 0 saturated carbocycles. The number of rotatable bonds is 18. The minimum absolute atomic E-state index is 0.0723. The Morgan fingerprint density at radius 2 is 1.59 bits per heavy atom. The van der Waals surface area contributed by atoms with Crippen molar-refractivity contribution in [2.45, 2.75) is 83.8 Å². The van der Waals surface area contributed by atoms with Crippen molar-refractivity contribution in [3.63, 3.8) is 0 Å². The van der Waals surface area contributed by atoms with Gasteiger partial charge in [-0.05, 0) is 6.42 Å². The van der Waals surface area contributed by atoms with Crippen LogP contribution in [0.3, 0.4) is 0 Å². The number of carbonyl (C=O) groups excluding carboxylic acids is 1. The first-order chi connectivity index (χ1) is 13.5. The van der Waals surface area contributed by atoms with Crippen LogP contribution in [0.15, 0.2) is 0 Å². The van der Waals surface area contributed by atoms with Gasteiger partial charge in [0.25, 0.3) is 0 Å². The molecule has 1 amide bonds. The number of hydrogen-bond acceptors (Lipinski definition) is 5. The van der Waals surface area contributed by atoms with Crippen molar-refractivity contribution in [1.29, 1.82) is 0 Å². The number of nitrogens with one attached hydrogen (secondary N) is 1. The Labute approximate surface area is 177 Å². The number of phosphoric ester groups is 1. The van der Waals surface area contributed by atoms with Crippen molar-refractivity contribution in [1.82, 2.24) is 5.32 Å². The third-order valence-electron chi connectivity index (χ3n) is 4.64. The fourth-order valence-corrected chi connectivity index (χ4v) is 3.58. The molecule has 9 heteroatoms. The lowest BCUT2D eigenvalue weighted by Gasteiger charge is -2.26. The Hall–Kier alpha value is -0.500. The number of likely N-dealkylation sites (N-methyl/N-ethyl adjacent to an activating group) is 1. The highest BCUT2D eigenvalue weighted by Gasteiger charge is 2.27. The summed E-state index contributed by atoms with van der Waals surface area (Å²) in [5, 5.41) is 13.0. The Balaban J connectivity index is 4.28. The molecule has 174 valence electrons. The quantitative estimate of drug-likeness (QED) is 0.172. The van der Waals surface area contributed by atoms with E-state index in [1.165, 1.54) is 39.0 Å². The van der Waals surface area contributed by atoms with Crippen LogP contribution in [-0.2, 0) is 18.4 Å². The molecular weight excluding hydrogens is 395 g/mol. The summed E-state index contributed by atoms with van der Waals surface area (Å²) in [7, 11) is 1.60. The van der Waals surface area contributed by atoms with Crippen molar-refractivity contribution in [3.05, 3.63) is 0 Å². The number of unbranched alkanes of at least 4 members (excludes halogenated alkanes) is 7. The van der Waals surface area contributed by atoms with Gasteiger partial charge in [-0.3, -0.25) is 13.8 Å². The summed E-state index contributed by atoms with van der Waals surface area (Å²) in [6.45, 7) is 3.87. The van der Waals surface area contributed by atoms with Crippen LogP contribution < -0.4 is 5.32 Å². The molecule has 0 aromatic rings. The molecule has 0 aromatic heterocycles. The zero-order chi connectivity index (χ0) is 22.3. The van der Waals surface area contributed by atoms with E-state index in [0.717, 1.165) is 19.3 Å². The molecule has 8 nitrogen and oxygen atoms in total. The van der Waals surface area contributed by atoms with Gasteiger partial charge in [0.05, 0.1) is 39.9 Å². The maximum Gasteiger partial charge on any atom is 0.472 e. The molecule has 29 heavy (non-hydrogen) atoms. The van der Waals surface area contributed by atoms with Crippen LogP contribution in [0.1, 0.15) is 71.6 Å². The van der Waals surface area contributed by atoms with E-state index in [2.05, 4.69) is 12.2 Å². The molecule has 0 radical (unpaired) electrons. The summed E-state index contributed by atoms with van der Waals surface area (Å²) < 4.78 is 22.6. The van der Waals surface area contributed by atoms with E-state index in [1.54, 1.807) is 0 Å². The highest BCUT2D eigenvalue weighted by molar-refractivity contribution is 7.47. The van der Waals surface area contributed by atoms with E-state index in [4.69, 9.17) is 9.05 Å². The van der Waals surface area contributed by atoms with Crippen LogP contribution >= 0.6 is 7.82 Å². The number of aliphatic hydroxyl groups is 1. The van der Waals surface area contributed by atoms with E-state index in [-0.39, 0.29) is 19.1 Å². The SMILES string of the molecule is CCCCCCCCCCC(O)C(COP(=O)(O)OCC[N+](C)(C)C)NC(C)=O. The van der Waals surface area contributed by atoms with Crippen LogP contribution in [-0.4, -0.2) is 73.4 Å². The van der Waals surface area contributed by atoms with Gasteiger partial charge in [-0.25, -0.2) is 4.57 Å². The van der Waals surface area contributed by atoms with Crippen molar-refractivity contribution >= 4 is 13.7 Å². The van der Waals surface area contributed by atoms with Gasteiger partial charge in [-0.2, -0.15) is 0 Å². The highest BCUT2D eigenvalue weighted by Crippen LogP contribution is 2.43. The molecule has 0 aliphatic carbocycles. The second kappa shape index (κ2) is 15.3. The third-order valence-corrected chi connectivity index (χ3v) is 5.62. The van der Waals surface area contributed by atoms with E-state index in [1.807, 2.05) is 21.1 Å². The van der Waals surface area contributed by atoms with Crippen LogP contribution in [0.4, 0.5) is 0 Å². The second-order valence-corrected chi connectivity index (χ2v) is 10.2. The molecule has 0 aliphatic rings. The number of amides is 1. The first kappa shape index (κ1) is 28.5. The van der Waals surface area contributed by atoms with Crippen molar-refractivity contribution < 1.29 is 32.9 Å². The molecule has 0 rings (SSSR count). The molecule has 0 bridgehead atoms. The smallest absolute Gasteiger partial charge is 0.391 e. The molecular formula is C20H44N2O6P+. The van der Waals surface area contributed by atoms with Crippen molar-refractivity contribution in [2.75, 3.05) is 40.9 Å². The fraction of sp³-hybridized carbons (Fsp3) is 0.950. The van der Waals surface area contributed by atoms with E-state index >= 15 is 0 Å². The van der Waals surface area contributed by atoms with Gasteiger partial charge in [-0.1, -0.05) is 58.3 Å². The topological polar surface area (TPSA) is 105 Å². The van der Waals surface area contributed by atoms with Crippen LogP contribution in [0.2, 0.25) is 0 Å². The van der Waals surface area contributed by atoms with Crippen LogP contribution in [0.5, 0.6) is 0 Å². The predicted octanol–water partition coefficient (Wildman–Crippen LogP) is 3.22. The summed E-state index contributed by atoms with van der Waals surface area (Å²) in [6, 6.07) is -0.750. The molecule has 0 heterocycles. The van der Waals surface area contributed by atoms with Gasteiger partial charge in [0.15, 0.2) is 0 Å². The van der Waals surface area contributed by atoms with Crippen LogP contribution in [0.25, 0.3) is 0 Å². The van der Waals surface area contributed by atoms with Gasteiger partial charge in [0.2, 0.25) is 5.91 Å². The lowest BCUT2D eigenvalue weighted by atomic mass is 10.0. The zero-order valence-corrected chi connectivity index (χ0v) is 20.0. The number of quaternary nitrogens is 1. The van der Waals surface area contributed by atoms with E-state index < -0.39 is 20.0 Å². The number of nitrogens with zero attached hydrogens (tertiary/aromatic N) is 1. The molecule has 0 spiro atoms. The highest BCUT2D eigenvalue weighted by atomic mass is 31.2. The average molecular weight is 440 g/mol. The van der Waals surface area contributed by atoms with E-state index in [0.29, 0.717) is 17.4 Å². The van der Waals surface area contributed by atoms with Crippen molar-refractivity contribution in [3.8, 4) is 0 Å². The second-order valence-electron chi connectivity index (χ2n) is 8.75. The standard InChI is InChI=1S/C20H43N2O6P/c1-6-7-8-9-10-11-12-13-14-20(24)19(21-18(2)23)17-28-29(25,26)27-16-15-22(3,4)5/h19-20,24H,6-17H2,1-5H3,(H-,21,23,25,26)/p+1. The number of carbonyl (C=O) groups is 1. The van der Waals surface area contributed by atoms with Gasteiger partial charge >= 0.3 is 7.82 Å². The van der Waals surface area contributed by atoms with Gasteiger partial charge in [0, 0.05) is 6.92 Å². The van der Waals surface area contributed by atoms with Gasteiger partial charge in [0.1, 0.15) is 13.2 Å². The summed E-state index contributed by atoms with van der Waals surface area (Å²) in [5.74, 6) is -0.327. The lowest BCUT2D eigenvalue weighted by Crippen LogP contribution is -2.45. The minimum Gasteiger partial charge on any atom is -0.391 e. The molecule has 0 aliphatic heterocycles. The average Bonchev–Trinajstić information content (AvgIpc) is 2.59. The Bertz CT molecular complexity index is 484. The molecule has 0 fully saturated rings. The molecule has 3 atom stereocenters. The molecule has 0 aromatic carbocycles. The zero-order valence-electron chi connectivity index (χ0n) is 19.1. The maximum absolute atomic E-state index is 12.0. The van der Waals surface area contributed by atoms with Gasteiger partial charge in [-0.15, -0.1) is 0 Å². The van der Waals surface area contributed by atoms with Crippen molar-refractivity contribution in [2.24, 2.45) is 0 Å². The Morgan fingerprint density at radius 1 is 1.03 bits per heavy atom. The molecule has 3 N–H and O–H groups in total. The number of aliphatic hydroxyl groups excluding tert-OH is 1. The largest absolute Gasteiger partial charge is 0.472 e. The first-order valence-electron chi connectivity index (χ1n) is 10.8. The first-order valence-corrected chi connectivity index (χ1v) is 12.3.